The summed E-state index contributed by atoms with van der Waals surface area (Å²) in [6, 6.07) is 4.31. The second-order valence-corrected chi connectivity index (χ2v) is 10.9. The predicted molar refractivity (Wildman–Crippen MR) is 126 cm³/mol. The van der Waals surface area contributed by atoms with E-state index in [-0.39, 0.29) is 6.04 Å². The van der Waals surface area contributed by atoms with Gasteiger partial charge in [-0.15, -0.1) is 0 Å². The number of pyridine rings is 1. The second-order valence-electron chi connectivity index (χ2n) is 10.9. The minimum atomic E-state index is -4.55. The molecule has 2 saturated carbocycles. The fourth-order valence-electron chi connectivity index (χ4n) is 6.71. The van der Waals surface area contributed by atoms with Gasteiger partial charge in [-0.1, -0.05) is 0 Å². The zero-order valence-corrected chi connectivity index (χ0v) is 20.2. The lowest BCUT2D eigenvalue weighted by atomic mass is 10.0. The Morgan fingerprint density at radius 3 is 2.51 bits per heavy atom. The smallest absolute Gasteiger partial charge is 0.383 e. The third-order valence-corrected chi connectivity index (χ3v) is 8.52. The normalized spacial score (nSPS) is 31.5. The van der Waals surface area contributed by atoms with Crippen molar-refractivity contribution in [1.82, 2.24) is 24.6 Å². The van der Waals surface area contributed by atoms with Crippen LogP contribution in [0.5, 0.6) is 0 Å². The van der Waals surface area contributed by atoms with Crippen LogP contribution in [-0.4, -0.2) is 76.0 Å². The van der Waals surface area contributed by atoms with Crippen molar-refractivity contribution in [2.75, 3.05) is 45.1 Å². The fourth-order valence-corrected chi connectivity index (χ4v) is 6.71. The maximum atomic E-state index is 13.4. The van der Waals surface area contributed by atoms with Crippen LogP contribution in [0.1, 0.15) is 49.9 Å². The molecule has 4 fully saturated rings. The molecule has 2 saturated heterocycles. The largest absolute Gasteiger partial charge is 0.419 e. The van der Waals surface area contributed by atoms with E-state index >= 15 is 0 Å². The molecular weight excluding hydrogens is 457 g/mol. The number of alkyl halides is 3. The van der Waals surface area contributed by atoms with Gasteiger partial charge in [0.1, 0.15) is 5.82 Å². The van der Waals surface area contributed by atoms with Gasteiger partial charge in [0.05, 0.1) is 24.5 Å². The molecular formula is C25H33F3N6O. The van der Waals surface area contributed by atoms with Crippen LogP contribution < -0.4 is 5.73 Å². The van der Waals surface area contributed by atoms with Crippen LogP contribution in [0.3, 0.4) is 0 Å². The summed E-state index contributed by atoms with van der Waals surface area (Å²) in [5, 5.41) is 4.71. The quantitative estimate of drug-likeness (QED) is 0.706. The lowest BCUT2D eigenvalue weighted by Crippen LogP contribution is -2.59. The number of nitrogens with zero attached hydrogens (tertiary/aromatic N) is 5. The maximum Gasteiger partial charge on any atom is 0.419 e. The van der Waals surface area contributed by atoms with Crippen molar-refractivity contribution >= 4 is 5.82 Å². The minimum absolute atomic E-state index is 0.124. The fraction of sp³-hybridized carbons (Fsp3) is 0.680. The summed E-state index contributed by atoms with van der Waals surface area (Å²) in [5.74, 6) is 1.17. The first-order valence-corrected chi connectivity index (χ1v) is 12.7. The Balaban J connectivity index is 1.18. The highest BCUT2D eigenvalue weighted by atomic mass is 19.4. The monoisotopic (exact) mass is 490 g/mol. The number of ether oxygens (including phenoxy) is 1. The van der Waals surface area contributed by atoms with Crippen LogP contribution in [0.2, 0.25) is 0 Å². The van der Waals surface area contributed by atoms with Crippen LogP contribution in [0.4, 0.5) is 19.0 Å². The first-order chi connectivity index (χ1) is 16.7. The van der Waals surface area contributed by atoms with Crippen LogP contribution in [0.25, 0.3) is 11.3 Å². The van der Waals surface area contributed by atoms with Gasteiger partial charge in [0.2, 0.25) is 0 Å². The summed E-state index contributed by atoms with van der Waals surface area (Å²) in [7, 11) is 0. The summed E-state index contributed by atoms with van der Waals surface area (Å²) >= 11 is 0. The van der Waals surface area contributed by atoms with E-state index in [1.807, 2.05) is 10.7 Å². The van der Waals surface area contributed by atoms with Crippen molar-refractivity contribution in [2.45, 2.75) is 56.9 Å². The molecule has 0 amide bonds. The lowest BCUT2D eigenvalue weighted by Gasteiger charge is -2.46. The number of rotatable bonds is 4. The Bertz CT molecular complexity index is 1090. The summed E-state index contributed by atoms with van der Waals surface area (Å²) in [6.07, 6.45) is -0.791. The van der Waals surface area contributed by atoms with Gasteiger partial charge in [0, 0.05) is 67.7 Å². The molecule has 2 aromatic rings. The molecule has 2 aliphatic carbocycles. The first-order valence-electron chi connectivity index (χ1n) is 12.7. The van der Waals surface area contributed by atoms with E-state index in [9.17, 15) is 13.2 Å². The Morgan fingerprint density at radius 2 is 1.80 bits per heavy atom. The molecule has 6 rings (SSSR count). The Morgan fingerprint density at radius 1 is 1.06 bits per heavy atom. The minimum Gasteiger partial charge on any atom is -0.383 e. The van der Waals surface area contributed by atoms with Gasteiger partial charge in [-0.2, -0.15) is 18.3 Å². The van der Waals surface area contributed by atoms with Gasteiger partial charge in [0.25, 0.3) is 0 Å². The van der Waals surface area contributed by atoms with Crippen molar-refractivity contribution in [1.29, 1.82) is 0 Å². The molecule has 2 aromatic heterocycles. The third-order valence-electron chi connectivity index (χ3n) is 8.52. The lowest BCUT2D eigenvalue weighted by molar-refractivity contribution is -0.137. The second kappa shape index (κ2) is 8.45. The molecule has 0 spiro atoms. The Hall–Kier alpha value is -2.17. The van der Waals surface area contributed by atoms with E-state index in [0.29, 0.717) is 41.1 Å². The Kier molecular flexibility index (Phi) is 5.61. The van der Waals surface area contributed by atoms with Gasteiger partial charge < -0.3 is 10.5 Å². The van der Waals surface area contributed by atoms with Crippen LogP contribution >= 0.6 is 0 Å². The number of morpholine rings is 1. The summed E-state index contributed by atoms with van der Waals surface area (Å²) in [4.78, 5) is 9.04. The van der Waals surface area contributed by atoms with Crippen LogP contribution in [-0.2, 0) is 10.9 Å². The number of nitrogens with two attached hydrogens (primary N) is 1. The molecule has 2 aliphatic heterocycles. The summed E-state index contributed by atoms with van der Waals surface area (Å²) in [5.41, 5.74) is 6.60. The molecule has 5 atom stereocenters. The highest BCUT2D eigenvalue weighted by Crippen LogP contribution is 2.64. The standard InChI is InChI=1S/C25H33F3N6O/c1-14(2)34-22(10-21(31-34)15-7-20(25(26,27)28)24(29)30-11-15)23-18-8-16(9-19(18)23)33-4-3-32-5-6-35-13-17(32)12-33/h7,10-11,14,16-19,23H,3-6,8-9,12-13H2,1-2H3,(H2,29,30)/t16?,17?,18-,19?,23+/m0/s1. The van der Waals surface area contributed by atoms with Gasteiger partial charge in [-0.25, -0.2) is 4.98 Å². The van der Waals surface area contributed by atoms with Crippen LogP contribution in [0, 0.1) is 11.8 Å². The number of aromatic nitrogens is 3. The van der Waals surface area contributed by atoms with Gasteiger partial charge in [-0.3, -0.25) is 14.5 Å². The van der Waals surface area contributed by atoms with Crippen molar-refractivity contribution < 1.29 is 17.9 Å². The SMILES string of the molecule is CC(C)n1nc(-c2cnc(N)c(C(F)(F)F)c2)cc1[C@H]1C2CC(N3CCN4CCOCC4C3)C[C@@H]21. The summed E-state index contributed by atoms with van der Waals surface area (Å²) < 4.78 is 47.8. The number of hydrogen-bond donors (Lipinski definition) is 1. The Labute approximate surface area is 203 Å². The molecule has 10 heteroatoms. The van der Waals surface area contributed by atoms with E-state index in [1.54, 1.807) is 0 Å². The van der Waals surface area contributed by atoms with Gasteiger partial charge in [0.15, 0.2) is 0 Å². The van der Waals surface area contributed by atoms with E-state index in [2.05, 4.69) is 28.6 Å². The molecule has 0 aromatic carbocycles. The molecule has 0 bridgehead atoms. The molecule has 3 unspecified atom stereocenters. The average Bonchev–Trinajstić information content (AvgIpc) is 3.16. The van der Waals surface area contributed by atoms with E-state index < -0.39 is 17.6 Å². The highest BCUT2D eigenvalue weighted by Gasteiger charge is 2.59. The molecule has 0 radical (unpaired) electrons. The summed E-state index contributed by atoms with van der Waals surface area (Å²) in [6.45, 7) is 10.2. The van der Waals surface area contributed by atoms with Crippen molar-refractivity contribution in [2.24, 2.45) is 11.8 Å². The number of piperazine rings is 1. The van der Waals surface area contributed by atoms with Crippen molar-refractivity contribution in [3.05, 3.63) is 29.6 Å². The van der Waals surface area contributed by atoms with Crippen molar-refractivity contribution in [3.63, 3.8) is 0 Å². The first kappa shape index (κ1) is 23.2. The topological polar surface area (TPSA) is 72.4 Å². The molecule has 4 heterocycles. The number of nitrogen functional groups attached to an aromatic ring is 1. The van der Waals surface area contributed by atoms with E-state index in [0.717, 1.165) is 51.2 Å². The average molecular weight is 491 g/mol. The number of hydrogen-bond acceptors (Lipinski definition) is 6. The molecule has 2 N–H and O–H groups in total. The number of halogens is 3. The highest BCUT2D eigenvalue weighted by molar-refractivity contribution is 5.63. The van der Waals surface area contributed by atoms with Gasteiger partial charge in [-0.05, 0) is 50.7 Å². The molecule has 4 aliphatic rings. The predicted octanol–water partition coefficient (Wildman–Crippen LogP) is 3.64. The third kappa shape index (κ3) is 4.13. The zero-order valence-electron chi connectivity index (χ0n) is 20.2. The maximum absolute atomic E-state index is 13.4. The zero-order chi connectivity index (χ0) is 24.5. The molecule has 190 valence electrons. The number of fused-ring (bicyclic) bond motifs is 2. The van der Waals surface area contributed by atoms with E-state index in [4.69, 9.17) is 15.6 Å². The molecule has 7 nitrogen and oxygen atoms in total. The van der Waals surface area contributed by atoms with E-state index in [1.165, 1.54) is 19.0 Å². The number of anilines is 1. The van der Waals surface area contributed by atoms with Crippen LogP contribution in [0.15, 0.2) is 18.3 Å². The molecule has 35 heavy (non-hydrogen) atoms. The van der Waals surface area contributed by atoms with Gasteiger partial charge >= 0.3 is 6.18 Å². The van der Waals surface area contributed by atoms with Crippen molar-refractivity contribution in [3.8, 4) is 11.3 Å².